The molecule has 1 heteroatoms. The number of nitrogens with zero attached hydrogens (tertiary/aromatic N) is 1. The van der Waals surface area contributed by atoms with Crippen LogP contribution in [-0.2, 0) is 0 Å². The molecule has 1 nitrogen and oxygen atoms in total. The van der Waals surface area contributed by atoms with Gasteiger partial charge in [0, 0.05) is 0 Å². The van der Waals surface area contributed by atoms with E-state index in [1.807, 2.05) is 12.1 Å². The quantitative estimate of drug-likeness (QED) is 0.725. The maximum Gasteiger partial charge on any atom is 0.0991 e. The second kappa shape index (κ2) is 5.78. The summed E-state index contributed by atoms with van der Waals surface area (Å²) in [5.41, 5.74) is 2.23. The molecule has 1 aromatic carbocycles. The van der Waals surface area contributed by atoms with Crippen molar-refractivity contribution < 1.29 is 0 Å². The highest BCUT2D eigenvalue weighted by Gasteiger charge is 2.29. The minimum Gasteiger partial charge on any atom is -0.192 e. The maximum atomic E-state index is 8.84. The molecule has 3 rings (SSSR count). The fourth-order valence-corrected chi connectivity index (χ4v) is 4.18. The van der Waals surface area contributed by atoms with Crippen molar-refractivity contribution in [2.24, 2.45) is 11.8 Å². The van der Waals surface area contributed by atoms with Crippen LogP contribution in [0.1, 0.15) is 68.4 Å². The molecule has 100 valence electrons. The van der Waals surface area contributed by atoms with Gasteiger partial charge in [0.2, 0.25) is 0 Å². The average molecular weight is 253 g/mol. The molecule has 0 radical (unpaired) electrons. The van der Waals surface area contributed by atoms with E-state index in [0.717, 1.165) is 23.3 Å². The zero-order valence-electron chi connectivity index (χ0n) is 11.6. The Balaban J connectivity index is 1.58. The third-order valence-electron chi connectivity index (χ3n) is 5.35. The second-order valence-corrected chi connectivity index (χ2v) is 6.39. The molecule has 19 heavy (non-hydrogen) atoms. The van der Waals surface area contributed by atoms with Crippen LogP contribution < -0.4 is 0 Å². The van der Waals surface area contributed by atoms with Gasteiger partial charge in [-0.25, -0.2) is 0 Å². The van der Waals surface area contributed by atoms with Crippen LogP contribution >= 0.6 is 0 Å². The van der Waals surface area contributed by atoms with Crippen LogP contribution in [-0.4, -0.2) is 0 Å². The third kappa shape index (κ3) is 2.84. The summed E-state index contributed by atoms with van der Waals surface area (Å²) >= 11 is 0. The van der Waals surface area contributed by atoms with Gasteiger partial charge in [-0.1, -0.05) is 37.8 Å². The summed E-state index contributed by atoms with van der Waals surface area (Å²) in [5, 5.41) is 8.84. The first-order valence-corrected chi connectivity index (χ1v) is 7.87. The highest BCUT2D eigenvalue weighted by molar-refractivity contribution is 5.33. The van der Waals surface area contributed by atoms with Gasteiger partial charge in [0.05, 0.1) is 11.6 Å². The molecule has 2 fully saturated rings. The first-order chi connectivity index (χ1) is 9.36. The first-order valence-electron chi connectivity index (χ1n) is 7.87. The molecule has 0 atom stereocenters. The highest BCUT2D eigenvalue weighted by atomic mass is 14.3. The van der Waals surface area contributed by atoms with Gasteiger partial charge >= 0.3 is 0 Å². The molecule has 0 aromatic heterocycles. The van der Waals surface area contributed by atoms with E-state index < -0.39 is 0 Å². The van der Waals surface area contributed by atoms with Crippen molar-refractivity contribution in [3.8, 4) is 6.07 Å². The van der Waals surface area contributed by atoms with E-state index in [-0.39, 0.29) is 0 Å². The van der Waals surface area contributed by atoms with Crippen LogP contribution in [0.4, 0.5) is 0 Å². The minimum atomic E-state index is 0.741. The Morgan fingerprint density at radius 1 is 0.789 bits per heavy atom. The molecular formula is C18H23N. The smallest absolute Gasteiger partial charge is 0.0991 e. The Hall–Kier alpha value is -1.29. The molecule has 0 unspecified atom stereocenters. The van der Waals surface area contributed by atoms with E-state index in [1.54, 1.807) is 0 Å². The van der Waals surface area contributed by atoms with E-state index >= 15 is 0 Å². The van der Waals surface area contributed by atoms with Gasteiger partial charge in [-0.05, 0) is 61.1 Å². The lowest BCUT2D eigenvalue weighted by molar-refractivity contribution is 0.235. The third-order valence-corrected chi connectivity index (χ3v) is 5.35. The molecule has 2 saturated carbocycles. The average Bonchev–Trinajstić information content (AvgIpc) is 3.02. The predicted octanol–water partition coefficient (Wildman–Crippen LogP) is 5.02. The molecule has 2 aliphatic rings. The normalized spacial score (nSPS) is 28.2. The van der Waals surface area contributed by atoms with Crippen molar-refractivity contribution in [3.63, 3.8) is 0 Å². The van der Waals surface area contributed by atoms with E-state index in [9.17, 15) is 0 Å². The molecule has 0 saturated heterocycles. The molecule has 0 aliphatic heterocycles. The Morgan fingerprint density at radius 2 is 1.37 bits per heavy atom. The first kappa shape index (κ1) is 12.7. The van der Waals surface area contributed by atoms with Crippen LogP contribution in [0.5, 0.6) is 0 Å². The summed E-state index contributed by atoms with van der Waals surface area (Å²) in [6.07, 6.45) is 11.5. The van der Waals surface area contributed by atoms with Gasteiger partial charge in [-0.3, -0.25) is 0 Å². The summed E-state index contributed by atoms with van der Waals surface area (Å²) in [7, 11) is 0. The van der Waals surface area contributed by atoms with Gasteiger partial charge in [0.25, 0.3) is 0 Å². The van der Waals surface area contributed by atoms with Crippen LogP contribution in [0.25, 0.3) is 0 Å². The molecule has 0 spiro atoms. The summed E-state index contributed by atoms with van der Waals surface area (Å²) in [6.45, 7) is 0. The van der Waals surface area contributed by atoms with Crippen molar-refractivity contribution in [2.75, 3.05) is 0 Å². The summed E-state index contributed by atoms with van der Waals surface area (Å²) in [4.78, 5) is 0. The zero-order valence-corrected chi connectivity index (χ0v) is 11.6. The van der Waals surface area contributed by atoms with Crippen molar-refractivity contribution in [1.29, 1.82) is 5.26 Å². The largest absolute Gasteiger partial charge is 0.192 e. The second-order valence-electron chi connectivity index (χ2n) is 6.39. The van der Waals surface area contributed by atoms with Crippen molar-refractivity contribution in [2.45, 2.75) is 57.3 Å². The lowest BCUT2D eigenvalue weighted by Gasteiger charge is -2.32. The van der Waals surface area contributed by atoms with Gasteiger partial charge in [0.1, 0.15) is 0 Å². The zero-order chi connectivity index (χ0) is 13.1. The van der Waals surface area contributed by atoms with Gasteiger partial charge in [0.15, 0.2) is 0 Å². The topological polar surface area (TPSA) is 23.8 Å². The molecule has 2 aliphatic carbocycles. The van der Waals surface area contributed by atoms with Crippen molar-refractivity contribution in [3.05, 3.63) is 35.4 Å². The number of rotatable bonds is 2. The number of hydrogen-bond donors (Lipinski definition) is 0. The van der Waals surface area contributed by atoms with E-state index in [4.69, 9.17) is 5.26 Å². The molecule has 0 N–H and O–H groups in total. The van der Waals surface area contributed by atoms with Gasteiger partial charge in [-0.15, -0.1) is 0 Å². The Labute approximate surface area is 116 Å². The van der Waals surface area contributed by atoms with Crippen LogP contribution in [0.3, 0.4) is 0 Å². The number of hydrogen-bond acceptors (Lipinski definition) is 1. The number of benzene rings is 1. The summed E-state index contributed by atoms with van der Waals surface area (Å²) in [6, 6.07) is 10.5. The van der Waals surface area contributed by atoms with Gasteiger partial charge in [-0.2, -0.15) is 5.26 Å². The molecular weight excluding hydrogens is 230 g/mol. The highest BCUT2D eigenvalue weighted by Crippen LogP contribution is 2.43. The van der Waals surface area contributed by atoms with Crippen molar-refractivity contribution >= 4 is 0 Å². The van der Waals surface area contributed by atoms with E-state index in [0.29, 0.717) is 0 Å². The van der Waals surface area contributed by atoms with E-state index in [2.05, 4.69) is 18.2 Å². The Kier molecular flexibility index (Phi) is 3.87. The monoisotopic (exact) mass is 253 g/mol. The minimum absolute atomic E-state index is 0.741. The van der Waals surface area contributed by atoms with E-state index in [1.165, 1.54) is 56.9 Å². The van der Waals surface area contributed by atoms with Crippen LogP contribution in [0.15, 0.2) is 24.3 Å². The standard InChI is InChI=1S/C18H23N/c19-13-14-5-7-16(8-6-14)18-11-9-17(10-12-18)15-3-1-2-4-15/h5-8,15,17-18H,1-4,9-12H2. The Morgan fingerprint density at radius 3 is 1.95 bits per heavy atom. The fraction of sp³-hybridized carbons (Fsp3) is 0.611. The molecule has 0 bridgehead atoms. The predicted molar refractivity (Wildman–Crippen MR) is 77.8 cm³/mol. The SMILES string of the molecule is N#Cc1ccc(C2CCC(C3CCCC3)CC2)cc1. The van der Waals surface area contributed by atoms with Crippen molar-refractivity contribution in [1.82, 2.24) is 0 Å². The van der Waals surface area contributed by atoms with Crippen LogP contribution in [0, 0.1) is 23.2 Å². The summed E-state index contributed by atoms with van der Waals surface area (Å²) in [5.74, 6) is 2.80. The molecule has 0 amide bonds. The molecule has 1 aromatic rings. The molecule has 0 heterocycles. The lowest BCUT2D eigenvalue weighted by atomic mass is 9.73. The lowest BCUT2D eigenvalue weighted by Crippen LogP contribution is -2.19. The fourth-order valence-electron chi connectivity index (χ4n) is 4.18. The summed E-state index contributed by atoms with van der Waals surface area (Å²) < 4.78 is 0. The van der Waals surface area contributed by atoms with Crippen LogP contribution in [0.2, 0.25) is 0 Å². The number of nitriles is 1. The maximum absolute atomic E-state index is 8.84. The van der Waals surface area contributed by atoms with Gasteiger partial charge < -0.3 is 0 Å². The Bertz CT molecular complexity index is 440.